The zero-order valence-corrected chi connectivity index (χ0v) is 8.47. The van der Waals surface area contributed by atoms with Crippen LogP contribution in [-0.4, -0.2) is 25.8 Å². The van der Waals surface area contributed by atoms with Crippen LogP contribution in [0.1, 0.15) is 33.1 Å². The van der Waals surface area contributed by atoms with E-state index in [1.807, 2.05) is 7.11 Å². The van der Waals surface area contributed by atoms with Gasteiger partial charge in [0.2, 0.25) is 0 Å². The second kappa shape index (κ2) is 4.83. The van der Waals surface area contributed by atoms with Gasteiger partial charge >= 0.3 is 0 Å². The van der Waals surface area contributed by atoms with Crippen molar-refractivity contribution in [2.24, 2.45) is 5.92 Å². The van der Waals surface area contributed by atoms with Crippen LogP contribution in [0.3, 0.4) is 0 Å². The van der Waals surface area contributed by atoms with Crippen molar-refractivity contribution >= 4 is 0 Å². The Labute approximate surface area is 75.7 Å². The molecule has 1 aliphatic carbocycles. The molecule has 0 spiro atoms. The third kappa shape index (κ3) is 2.76. The molecule has 2 unspecified atom stereocenters. The first-order valence-electron chi connectivity index (χ1n) is 5.05. The van der Waals surface area contributed by atoms with E-state index >= 15 is 0 Å². The van der Waals surface area contributed by atoms with Gasteiger partial charge in [-0.25, -0.2) is 0 Å². The van der Waals surface area contributed by atoms with Crippen molar-refractivity contribution in [3.05, 3.63) is 0 Å². The number of methoxy groups -OCH3 is 1. The molecule has 0 radical (unpaired) electrons. The lowest BCUT2D eigenvalue weighted by molar-refractivity contribution is 0.0565. The molecule has 0 aliphatic heterocycles. The van der Waals surface area contributed by atoms with E-state index < -0.39 is 0 Å². The van der Waals surface area contributed by atoms with E-state index in [2.05, 4.69) is 19.2 Å². The molecule has 0 amide bonds. The zero-order chi connectivity index (χ0) is 8.97. The third-order valence-electron chi connectivity index (χ3n) is 2.57. The van der Waals surface area contributed by atoms with Crippen molar-refractivity contribution in [2.75, 3.05) is 13.7 Å². The molecule has 2 heteroatoms. The van der Waals surface area contributed by atoms with Gasteiger partial charge in [-0.3, -0.25) is 0 Å². The van der Waals surface area contributed by atoms with Crippen molar-refractivity contribution in [2.45, 2.75) is 45.3 Å². The molecule has 1 aliphatic rings. The van der Waals surface area contributed by atoms with Crippen LogP contribution in [0.2, 0.25) is 0 Å². The van der Waals surface area contributed by atoms with Crippen LogP contribution in [0.25, 0.3) is 0 Å². The van der Waals surface area contributed by atoms with Gasteiger partial charge in [0.15, 0.2) is 0 Å². The van der Waals surface area contributed by atoms with Crippen molar-refractivity contribution < 1.29 is 4.74 Å². The van der Waals surface area contributed by atoms with E-state index in [-0.39, 0.29) is 0 Å². The van der Waals surface area contributed by atoms with Gasteiger partial charge in [-0.15, -0.1) is 0 Å². The highest BCUT2D eigenvalue weighted by Gasteiger charge is 2.34. The van der Waals surface area contributed by atoms with Gasteiger partial charge < -0.3 is 10.1 Å². The summed E-state index contributed by atoms with van der Waals surface area (Å²) < 4.78 is 5.47. The number of nitrogens with one attached hydrogen (secondary N) is 1. The topological polar surface area (TPSA) is 21.3 Å². The van der Waals surface area contributed by atoms with Gasteiger partial charge in [0.25, 0.3) is 0 Å². The Morgan fingerprint density at radius 3 is 2.58 bits per heavy atom. The van der Waals surface area contributed by atoms with Crippen molar-refractivity contribution in [3.8, 4) is 0 Å². The summed E-state index contributed by atoms with van der Waals surface area (Å²) in [7, 11) is 1.83. The molecule has 0 aromatic carbocycles. The minimum Gasteiger partial charge on any atom is -0.380 e. The summed E-state index contributed by atoms with van der Waals surface area (Å²) in [5.74, 6) is 0.828. The lowest BCUT2D eigenvalue weighted by atomic mass is 10.1. The lowest BCUT2D eigenvalue weighted by Gasteiger charge is -2.23. The van der Waals surface area contributed by atoms with E-state index in [9.17, 15) is 0 Å². The molecule has 1 N–H and O–H groups in total. The molecule has 0 aromatic heterocycles. The van der Waals surface area contributed by atoms with Crippen LogP contribution in [0.4, 0.5) is 0 Å². The normalized spacial score (nSPS) is 22.2. The van der Waals surface area contributed by atoms with Crippen LogP contribution in [0.5, 0.6) is 0 Å². The number of ether oxygens (including phenoxy) is 1. The number of rotatable bonds is 6. The van der Waals surface area contributed by atoms with Crippen molar-refractivity contribution in [3.63, 3.8) is 0 Å². The van der Waals surface area contributed by atoms with E-state index in [1.54, 1.807) is 0 Å². The molecule has 72 valence electrons. The molecule has 2 nitrogen and oxygen atoms in total. The fraction of sp³-hybridized carbons (Fsp3) is 1.00. The Balaban J connectivity index is 2.21. The van der Waals surface area contributed by atoms with E-state index in [0.717, 1.165) is 12.5 Å². The highest BCUT2D eigenvalue weighted by atomic mass is 16.5. The van der Waals surface area contributed by atoms with E-state index in [1.165, 1.54) is 19.3 Å². The summed E-state index contributed by atoms with van der Waals surface area (Å²) in [6.45, 7) is 5.52. The number of hydrogen-bond acceptors (Lipinski definition) is 2. The predicted octanol–water partition coefficient (Wildman–Crippen LogP) is 1.80. The molecule has 12 heavy (non-hydrogen) atoms. The highest BCUT2D eigenvalue weighted by molar-refractivity contribution is 4.87. The zero-order valence-electron chi connectivity index (χ0n) is 8.47. The van der Waals surface area contributed by atoms with Gasteiger partial charge in [-0.2, -0.15) is 0 Å². The van der Waals surface area contributed by atoms with Crippen molar-refractivity contribution in [1.29, 1.82) is 0 Å². The van der Waals surface area contributed by atoms with Crippen LogP contribution >= 0.6 is 0 Å². The molecule has 1 rings (SSSR count). The molecule has 0 saturated heterocycles. The maximum atomic E-state index is 5.47. The van der Waals surface area contributed by atoms with Gasteiger partial charge in [-0.1, -0.05) is 6.92 Å². The summed E-state index contributed by atoms with van der Waals surface area (Å²) in [5.41, 5.74) is 0. The van der Waals surface area contributed by atoms with Crippen LogP contribution in [0.15, 0.2) is 0 Å². The second-order valence-electron chi connectivity index (χ2n) is 3.78. The van der Waals surface area contributed by atoms with Gasteiger partial charge in [-0.05, 0) is 38.6 Å². The standard InChI is InChI=1S/C10H21NO/c1-4-7-11-8(2)10(12-3)9-5-6-9/h8-11H,4-7H2,1-3H3. The molecule has 0 aromatic rings. The average Bonchev–Trinajstić information content (AvgIpc) is 2.86. The molecular formula is C10H21NO. The Hall–Kier alpha value is -0.0800. The molecule has 0 bridgehead atoms. The molecular weight excluding hydrogens is 150 g/mol. The van der Waals surface area contributed by atoms with E-state index in [4.69, 9.17) is 4.74 Å². The van der Waals surface area contributed by atoms with E-state index in [0.29, 0.717) is 12.1 Å². The minimum absolute atomic E-state index is 0.441. The summed E-state index contributed by atoms with van der Waals surface area (Å²) in [5, 5.41) is 3.48. The van der Waals surface area contributed by atoms with Gasteiger partial charge in [0.1, 0.15) is 0 Å². The van der Waals surface area contributed by atoms with Gasteiger partial charge in [0, 0.05) is 13.2 Å². The smallest absolute Gasteiger partial charge is 0.0749 e. The first kappa shape index (κ1) is 10.0. The third-order valence-corrected chi connectivity index (χ3v) is 2.57. The Kier molecular flexibility index (Phi) is 4.02. The largest absolute Gasteiger partial charge is 0.380 e. The summed E-state index contributed by atoms with van der Waals surface area (Å²) in [6.07, 6.45) is 4.36. The Morgan fingerprint density at radius 1 is 1.50 bits per heavy atom. The Bertz CT molecular complexity index is 123. The van der Waals surface area contributed by atoms with Gasteiger partial charge in [0.05, 0.1) is 6.10 Å². The van der Waals surface area contributed by atoms with Crippen LogP contribution < -0.4 is 5.32 Å². The lowest BCUT2D eigenvalue weighted by Crippen LogP contribution is -2.40. The molecule has 2 atom stereocenters. The van der Waals surface area contributed by atoms with Crippen LogP contribution in [0, 0.1) is 5.92 Å². The first-order valence-corrected chi connectivity index (χ1v) is 5.05. The molecule has 0 heterocycles. The maximum absolute atomic E-state index is 5.47. The SMILES string of the molecule is CCCNC(C)C(OC)C1CC1. The van der Waals surface area contributed by atoms with Crippen molar-refractivity contribution in [1.82, 2.24) is 5.32 Å². The fourth-order valence-electron chi connectivity index (χ4n) is 1.72. The molecule has 1 saturated carbocycles. The highest BCUT2D eigenvalue weighted by Crippen LogP contribution is 2.35. The summed E-state index contributed by atoms with van der Waals surface area (Å²) in [4.78, 5) is 0. The Morgan fingerprint density at radius 2 is 2.17 bits per heavy atom. The summed E-state index contributed by atoms with van der Waals surface area (Å²) in [6, 6.07) is 0.516. The maximum Gasteiger partial charge on any atom is 0.0749 e. The predicted molar refractivity (Wildman–Crippen MR) is 51.3 cm³/mol. The monoisotopic (exact) mass is 171 g/mol. The number of hydrogen-bond donors (Lipinski definition) is 1. The quantitative estimate of drug-likeness (QED) is 0.658. The fourth-order valence-corrected chi connectivity index (χ4v) is 1.72. The average molecular weight is 171 g/mol. The van der Waals surface area contributed by atoms with Crippen LogP contribution in [-0.2, 0) is 4.74 Å². The summed E-state index contributed by atoms with van der Waals surface area (Å²) >= 11 is 0. The first-order chi connectivity index (χ1) is 5.79. The molecule has 1 fully saturated rings. The minimum atomic E-state index is 0.441. The second-order valence-corrected chi connectivity index (χ2v) is 3.78.